The highest BCUT2D eigenvalue weighted by Crippen LogP contribution is 2.30. The first-order valence-electron chi connectivity index (χ1n) is 4.82. The highest BCUT2D eigenvalue weighted by atomic mass is 35.5. The van der Waals surface area contributed by atoms with Gasteiger partial charge in [0.15, 0.2) is 0 Å². The number of benzene rings is 2. The lowest BCUT2D eigenvalue weighted by Crippen LogP contribution is -1.94. The molecule has 0 aromatic heterocycles. The second kappa shape index (κ2) is 4.41. The van der Waals surface area contributed by atoms with E-state index in [9.17, 15) is 13.2 Å². The van der Waals surface area contributed by atoms with Gasteiger partial charge in [-0.15, -0.1) is 0 Å². The summed E-state index contributed by atoms with van der Waals surface area (Å²) in [5.41, 5.74) is -0.189. The highest BCUT2D eigenvalue weighted by molar-refractivity contribution is 6.30. The van der Waals surface area contributed by atoms with Crippen molar-refractivity contribution < 1.29 is 13.2 Å². The molecule has 0 amide bonds. The van der Waals surface area contributed by atoms with Gasteiger partial charge in [0.2, 0.25) is 0 Å². The van der Waals surface area contributed by atoms with Crippen LogP contribution in [-0.2, 0) is 0 Å². The molecule has 0 spiro atoms. The Labute approximate surface area is 102 Å². The average molecular weight is 256 g/mol. The molecule has 0 nitrogen and oxygen atoms in total. The summed E-state index contributed by atoms with van der Waals surface area (Å²) >= 11 is 5.64. The minimum absolute atomic E-state index is 0.0979. The minimum Gasteiger partial charge on any atom is -0.206 e. The van der Waals surface area contributed by atoms with Crippen LogP contribution in [0.1, 0.15) is 5.56 Å². The molecule has 0 aliphatic rings. The first-order chi connectivity index (χ1) is 7.99. The van der Waals surface area contributed by atoms with E-state index in [0.29, 0.717) is 5.56 Å². The summed E-state index contributed by atoms with van der Waals surface area (Å²) in [5.74, 6) is -2.40. The zero-order valence-electron chi connectivity index (χ0n) is 8.82. The van der Waals surface area contributed by atoms with Crippen LogP contribution in [0.5, 0.6) is 0 Å². The molecule has 87 valence electrons. The molecule has 2 aromatic rings. The normalized spacial score (nSPS) is 10.6. The summed E-state index contributed by atoms with van der Waals surface area (Å²) in [6, 6.07) is 6.79. The van der Waals surface area contributed by atoms with Crippen molar-refractivity contribution in [3.05, 3.63) is 58.4 Å². The van der Waals surface area contributed by atoms with Crippen molar-refractivity contribution in [2.75, 3.05) is 0 Å². The molecule has 0 saturated heterocycles. The van der Waals surface area contributed by atoms with Crippen LogP contribution in [0.4, 0.5) is 13.2 Å². The van der Waals surface area contributed by atoms with Crippen LogP contribution in [0.2, 0.25) is 5.02 Å². The van der Waals surface area contributed by atoms with Crippen molar-refractivity contribution in [3.63, 3.8) is 0 Å². The van der Waals surface area contributed by atoms with Crippen molar-refractivity contribution in [1.82, 2.24) is 0 Å². The van der Waals surface area contributed by atoms with Crippen molar-refractivity contribution in [2.24, 2.45) is 0 Å². The van der Waals surface area contributed by atoms with Gasteiger partial charge in [-0.05, 0) is 36.8 Å². The third-order valence-corrected chi connectivity index (χ3v) is 2.54. The maximum atomic E-state index is 13.6. The quantitative estimate of drug-likeness (QED) is 0.702. The molecule has 0 fully saturated rings. The second-order valence-corrected chi connectivity index (χ2v) is 4.05. The lowest BCUT2D eigenvalue weighted by atomic mass is 10.0. The molecule has 0 aliphatic carbocycles. The van der Waals surface area contributed by atoms with E-state index in [1.807, 2.05) is 0 Å². The summed E-state index contributed by atoms with van der Waals surface area (Å²) in [5, 5.41) is 0.0979. The van der Waals surface area contributed by atoms with E-state index in [0.717, 1.165) is 24.3 Å². The Bertz CT molecular complexity index is 556. The van der Waals surface area contributed by atoms with E-state index < -0.39 is 23.0 Å². The summed E-state index contributed by atoms with van der Waals surface area (Å²) in [4.78, 5) is 0. The van der Waals surface area contributed by atoms with Crippen molar-refractivity contribution >= 4 is 11.6 Å². The highest BCUT2D eigenvalue weighted by Gasteiger charge is 2.16. The largest absolute Gasteiger partial charge is 0.206 e. The molecule has 2 rings (SSSR count). The Morgan fingerprint density at radius 1 is 1.00 bits per heavy atom. The van der Waals surface area contributed by atoms with E-state index in [1.165, 1.54) is 0 Å². The molecule has 2 aromatic carbocycles. The fourth-order valence-electron chi connectivity index (χ4n) is 1.60. The lowest BCUT2D eigenvalue weighted by molar-refractivity contribution is 0.580. The fraction of sp³-hybridized carbons (Fsp3) is 0.0769. The average Bonchev–Trinajstić information content (AvgIpc) is 2.21. The van der Waals surface area contributed by atoms with Gasteiger partial charge >= 0.3 is 0 Å². The molecule has 1 radical (unpaired) electrons. The number of rotatable bonds is 1. The van der Waals surface area contributed by atoms with E-state index in [2.05, 4.69) is 6.07 Å². The molecule has 0 heterocycles. The van der Waals surface area contributed by atoms with Gasteiger partial charge in [0, 0.05) is 16.7 Å². The summed E-state index contributed by atoms with van der Waals surface area (Å²) in [7, 11) is 0. The Balaban J connectivity index is 2.72. The molecule has 0 unspecified atom stereocenters. The molecule has 0 aliphatic heterocycles. The van der Waals surface area contributed by atoms with Crippen LogP contribution in [0.25, 0.3) is 11.1 Å². The first kappa shape index (κ1) is 12.0. The van der Waals surface area contributed by atoms with Crippen molar-refractivity contribution in [3.8, 4) is 11.1 Å². The van der Waals surface area contributed by atoms with E-state index in [-0.39, 0.29) is 10.6 Å². The lowest BCUT2D eigenvalue weighted by Gasteiger charge is -2.08. The fourth-order valence-corrected chi connectivity index (χ4v) is 1.76. The SMILES string of the molecule is Cc1cc(F)c(-c2cc(Cl)[c]cc2F)c(F)c1. The van der Waals surface area contributed by atoms with Crippen LogP contribution >= 0.6 is 11.6 Å². The Morgan fingerprint density at radius 2 is 1.59 bits per heavy atom. The van der Waals surface area contributed by atoms with Gasteiger partial charge in [-0.1, -0.05) is 11.6 Å². The van der Waals surface area contributed by atoms with Crippen LogP contribution in [-0.4, -0.2) is 0 Å². The van der Waals surface area contributed by atoms with Gasteiger partial charge < -0.3 is 0 Å². The molecule has 0 atom stereocenters. The van der Waals surface area contributed by atoms with Crippen LogP contribution in [0.15, 0.2) is 24.3 Å². The third-order valence-electron chi connectivity index (χ3n) is 2.32. The zero-order chi connectivity index (χ0) is 12.6. The number of halogens is 4. The van der Waals surface area contributed by atoms with Crippen LogP contribution < -0.4 is 0 Å². The third kappa shape index (κ3) is 2.29. The van der Waals surface area contributed by atoms with Gasteiger partial charge in [-0.25, -0.2) is 13.2 Å². The topological polar surface area (TPSA) is 0 Å². The molecular weight excluding hydrogens is 249 g/mol. The Morgan fingerprint density at radius 3 is 2.18 bits per heavy atom. The second-order valence-electron chi connectivity index (χ2n) is 3.65. The summed E-state index contributed by atoms with van der Waals surface area (Å²) < 4.78 is 40.8. The van der Waals surface area contributed by atoms with Gasteiger partial charge in [0.1, 0.15) is 17.5 Å². The molecule has 4 heteroatoms. The predicted molar refractivity (Wildman–Crippen MR) is 60.3 cm³/mol. The van der Waals surface area contributed by atoms with Crippen LogP contribution in [0, 0.1) is 30.4 Å². The van der Waals surface area contributed by atoms with Crippen molar-refractivity contribution in [1.29, 1.82) is 0 Å². The van der Waals surface area contributed by atoms with Gasteiger partial charge in [0.25, 0.3) is 0 Å². The zero-order valence-corrected chi connectivity index (χ0v) is 9.58. The molecule has 0 N–H and O–H groups in total. The standard InChI is InChI=1S/C13H7ClF3/c1-7-4-11(16)13(12(17)5-7)9-6-8(14)2-3-10(9)15/h3-6H,1H3. The monoisotopic (exact) mass is 255 g/mol. The maximum Gasteiger partial charge on any atom is 0.134 e. The predicted octanol–water partition coefficient (Wildman–Crippen LogP) is 4.53. The van der Waals surface area contributed by atoms with Gasteiger partial charge in [-0.2, -0.15) is 0 Å². The van der Waals surface area contributed by atoms with E-state index in [4.69, 9.17) is 11.6 Å². The molecule has 0 saturated carbocycles. The Hall–Kier alpha value is -1.48. The van der Waals surface area contributed by atoms with Gasteiger partial charge in [0.05, 0.1) is 5.56 Å². The Kier molecular flexibility index (Phi) is 3.11. The smallest absolute Gasteiger partial charge is 0.134 e. The molecule has 17 heavy (non-hydrogen) atoms. The maximum absolute atomic E-state index is 13.6. The van der Waals surface area contributed by atoms with Gasteiger partial charge in [-0.3, -0.25) is 0 Å². The molecule has 0 bridgehead atoms. The number of hydrogen-bond donors (Lipinski definition) is 0. The molecular formula is C13H7ClF3. The van der Waals surface area contributed by atoms with E-state index >= 15 is 0 Å². The number of aryl methyl sites for hydroxylation is 1. The first-order valence-corrected chi connectivity index (χ1v) is 5.19. The summed E-state index contributed by atoms with van der Waals surface area (Å²) in [6.45, 7) is 1.55. The van der Waals surface area contributed by atoms with E-state index in [1.54, 1.807) is 6.92 Å². The summed E-state index contributed by atoms with van der Waals surface area (Å²) in [6.07, 6.45) is 0. The number of hydrogen-bond acceptors (Lipinski definition) is 0. The van der Waals surface area contributed by atoms with Crippen LogP contribution in [0.3, 0.4) is 0 Å². The minimum atomic E-state index is -0.816. The van der Waals surface area contributed by atoms with Crippen molar-refractivity contribution in [2.45, 2.75) is 6.92 Å².